The second-order valence-electron chi connectivity index (χ2n) is 5.87. The minimum Gasteiger partial charge on any atom is -0.384 e. The fourth-order valence-electron chi connectivity index (χ4n) is 1.88. The van der Waals surface area contributed by atoms with E-state index in [0.29, 0.717) is 11.3 Å². The van der Waals surface area contributed by atoms with E-state index in [1.54, 1.807) is 0 Å². The van der Waals surface area contributed by atoms with Gasteiger partial charge in [-0.15, -0.1) is 0 Å². The van der Waals surface area contributed by atoms with Gasteiger partial charge < -0.3 is 11.1 Å². The summed E-state index contributed by atoms with van der Waals surface area (Å²) >= 11 is 5.96. The maximum atomic E-state index is 12.2. The topological polar surface area (TPSA) is 68.0 Å². The van der Waals surface area contributed by atoms with Crippen molar-refractivity contribution < 1.29 is 4.79 Å². The third kappa shape index (κ3) is 3.73. The number of rotatable bonds is 2. The number of nitrogens with two attached hydrogens (primary N) is 1. The first kappa shape index (κ1) is 15.3. The molecule has 0 fully saturated rings. The molecule has 2 rings (SSSR count). The van der Waals surface area contributed by atoms with Gasteiger partial charge in [-0.2, -0.15) is 0 Å². The average Bonchev–Trinajstić information content (AvgIpc) is 2.41. The molecule has 3 N–H and O–H groups in total. The van der Waals surface area contributed by atoms with Crippen molar-refractivity contribution in [1.82, 2.24) is 4.98 Å². The molecule has 110 valence electrons. The molecule has 0 saturated carbocycles. The number of hydrogen-bond donors (Lipinski definition) is 2. The molecule has 0 aliphatic heterocycles. The van der Waals surface area contributed by atoms with Crippen LogP contribution in [0.5, 0.6) is 0 Å². The third-order valence-corrected chi connectivity index (χ3v) is 3.43. The van der Waals surface area contributed by atoms with Gasteiger partial charge in [-0.05, 0) is 29.2 Å². The minimum atomic E-state index is -0.308. The van der Waals surface area contributed by atoms with Gasteiger partial charge in [0.2, 0.25) is 0 Å². The zero-order valence-corrected chi connectivity index (χ0v) is 13.0. The summed E-state index contributed by atoms with van der Waals surface area (Å²) in [7, 11) is 0. The normalized spacial score (nSPS) is 11.2. The molecule has 1 heterocycles. The highest BCUT2D eigenvalue weighted by Gasteiger charge is 2.14. The number of hydrogen-bond acceptors (Lipinski definition) is 3. The van der Waals surface area contributed by atoms with Crippen LogP contribution in [-0.4, -0.2) is 10.9 Å². The number of carbonyl (C=O) groups is 1. The molecule has 1 aromatic carbocycles. The molecule has 0 saturated heterocycles. The Kier molecular flexibility index (Phi) is 4.19. The summed E-state index contributed by atoms with van der Waals surface area (Å²) in [6.07, 6.45) is 1.37. The number of pyridine rings is 1. The maximum absolute atomic E-state index is 12.2. The Balaban J connectivity index is 2.18. The number of nitrogen functional groups attached to an aromatic ring is 1. The highest BCUT2D eigenvalue weighted by molar-refractivity contribution is 6.34. The number of amides is 1. The van der Waals surface area contributed by atoms with Crippen molar-refractivity contribution in [1.29, 1.82) is 0 Å². The summed E-state index contributed by atoms with van der Waals surface area (Å²) in [6, 6.07) is 9.20. The van der Waals surface area contributed by atoms with Crippen LogP contribution in [-0.2, 0) is 5.41 Å². The number of carbonyl (C=O) groups excluding carboxylic acids is 1. The molecule has 0 aliphatic carbocycles. The minimum absolute atomic E-state index is 0.0748. The Bertz CT molecular complexity index is 660. The molecule has 0 unspecified atom stereocenters. The van der Waals surface area contributed by atoms with E-state index in [9.17, 15) is 4.79 Å². The summed E-state index contributed by atoms with van der Waals surface area (Å²) in [4.78, 5) is 16.0. The zero-order valence-electron chi connectivity index (χ0n) is 12.3. The van der Waals surface area contributed by atoms with Crippen molar-refractivity contribution in [3.05, 3.63) is 52.7 Å². The monoisotopic (exact) mass is 303 g/mol. The Morgan fingerprint density at radius 1 is 1.24 bits per heavy atom. The van der Waals surface area contributed by atoms with Gasteiger partial charge in [0.25, 0.3) is 5.91 Å². The lowest BCUT2D eigenvalue weighted by atomic mass is 9.87. The van der Waals surface area contributed by atoms with E-state index in [4.69, 9.17) is 17.3 Å². The lowest BCUT2D eigenvalue weighted by Crippen LogP contribution is -2.14. The number of aromatic nitrogens is 1. The van der Waals surface area contributed by atoms with Gasteiger partial charge in [-0.3, -0.25) is 4.79 Å². The van der Waals surface area contributed by atoms with Crippen LogP contribution in [0.25, 0.3) is 0 Å². The number of halogens is 1. The van der Waals surface area contributed by atoms with Gasteiger partial charge in [0.1, 0.15) is 5.82 Å². The van der Waals surface area contributed by atoms with Gasteiger partial charge >= 0.3 is 0 Å². The zero-order chi connectivity index (χ0) is 15.6. The Morgan fingerprint density at radius 2 is 1.86 bits per heavy atom. The highest BCUT2D eigenvalue weighted by atomic mass is 35.5. The van der Waals surface area contributed by atoms with Crippen LogP contribution in [0.15, 0.2) is 36.5 Å². The fraction of sp³-hybridized carbons (Fsp3) is 0.250. The maximum Gasteiger partial charge on any atom is 0.257 e. The summed E-state index contributed by atoms with van der Waals surface area (Å²) in [5.41, 5.74) is 7.87. The van der Waals surface area contributed by atoms with Crippen LogP contribution in [0, 0.1) is 0 Å². The first-order valence-electron chi connectivity index (χ1n) is 6.60. The first-order valence-corrected chi connectivity index (χ1v) is 6.98. The molecular formula is C16H18ClN3O. The van der Waals surface area contributed by atoms with Crippen LogP contribution in [0.4, 0.5) is 11.5 Å². The van der Waals surface area contributed by atoms with E-state index in [-0.39, 0.29) is 22.2 Å². The molecule has 5 heteroatoms. The van der Waals surface area contributed by atoms with E-state index < -0.39 is 0 Å². The lowest BCUT2D eigenvalue weighted by molar-refractivity contribution is 0.102. The van der Waals surface area contributed by atoms with Gasteiger partial charge in [0.05, 0.1) is 10.6 Å². The molecule has 0 aliphatic rings. The van der Waals surface area contributed by atoms with Crippen molar-refractivity contribution >= 4 is 29.0 Å². The van der Waals surface area contributed by atoms with Gasteiger partial charge in [0, 0.05) is 11.9 Å². The van der Waals surface area contributed by atoms with Crippen molar-refractivity contribution in [3.63, 3.8) is 0 Å². The first-order chi connectivity index (χ1) is 9.77. The van der Waals surface area contributed by atoms with Gasteiger partial charge in [-0.25, -0.2) is 4.98 Å². The molecule has 21 heavy (non-hydrogen) atoms. The predicted molar refractivity (Wildman–Crippen MR) is 86.8 cm³/mol. The molecule has 1 aromatic heterocycles. The van der Waals surface area contributed by atoms with Crippen molar-refractivity contribution in [2.45, 2.75) is 26.2 Å². The SMILES string of the molecule is CC(C)(C)c1ccc(NC(=O)c2cc(N)ncc2Cl)cc1. The lowest BCUT2D eigenvalue weighted by Gasteiger charge is -2.19. The molecular weight excluding hydrogens is 286 g/mol. The van der Waals surface area contributed by atoms with Crippen LogP contribution in [0.1, 0.15) is 36.7 Å². The summed E-state index contributed by atoms with van der Waals surface area (Å²) in [5.74, 6) is -0.0507. The van der Waals surface area contributed by atoms with Gasteiger partial charge in [0.15, 0.2) is 0 Å². The highest BCUT2D eigenvalue weighted by Crippen LogP contribution is 2.24. The van der Waals surface area contributed by atoms with Crippen molar-refractivity contribution in [2.24, 2.45) is 0 Å². The predicted octanol–water partition coefficient (Wildman–Crippen LogP) is 3.87. The average molecular weight is 304 g/mol. The van der Waals surface area contributed by atoms with E-state index in [1.165, 1.54) is 17.8 Å². The molecule has 2 aromatic rings. The second-order valence-corrected chi connectivity index (χ2v) is 6.28. The summed E-state index contributed by atoms with van der Waals surface area (Å²) < 4.78 is 0. The van der Waals surface area contributed by atoms with E-state index >= 15 is 0 Å². The fourth-order valence-corrected chi connectivity index (χ4v) is 2.07. The number of benzene rings is 1. The van der Waals surface area contributed by atoms with Crippen molar-refractivity contribution in [2.75, 3.05) is 11.1 Å². The quantitative estimate of drug-likeness (QED) is 0.885. The van der Waals surface area contributed by atoms with E-state index in [2.05, 4.69) is 31.1 Å². The van der Waals surface area contributed by atoms with E-state index in [0.717, 1.165) is 0 Å². The molecule has 4 nitrogen and oxygen atoms in total. The van der Waals surface area contributed by atoms with Crippen LogP contribution in [0.3, 0.4) is 0 Å². The molecule has 0 atom stereocenters. The van der Waals surface area contributed by atoms with Crippen LogP contribution in [0.2, 0.25) is 5.02 Å². The molecule has 0 radical (unpaired) electrons. The Morgan fingerprint density at radius 3 is 2.43 bits per heavy atom. The van der Waals surface area contributed by atoms with Gasteiger partial charge in [-0.1, -0.05) is 44.5 Å². The largest absolute Gasteiger partial charge is 0.384 e. The molecule has 1 amide bonds. The smallest absolute Gasteiger partial charge is 0.257 e. The van der Waals surface area contributed by atoms with Crippen LogP contribution >= 0.6 is 11.6 Å². The Hall–Kier alpha value is -2.07. The third-order valence-electron chi connectivity index (χ3n) is 3.13. The summed E-state index contributed by atoms with van der Waals surface area (Å²) in [6.45, 7) is 6.42. The Labute approximate surface area is 129 Å². The standard InChI is InChI=1S/C16H18ClN3O/c1-16(2,3)10-4-6-11(7-5-10)20-15(21)12-8-14(18)19-9-13(12)17/h4-9H,1-3H3,(H2,18,19)(H,20,21). The summed E-state index contributed by atoms with van der Waals surface area (Å²) in [5, 5.41) is 3.07. The number of nitrogens with zero attached hydrogens (tertiary/aromatic N) is 1. The second kappa shape index (κ2) is 5.74. The number of nitrogens with one attached hydrogen (secondary N) is 1. The van der Waals surface area contributed by atoms with Crippen LogP contribution < -0.4 is 11.1 Å². The molecule has 0 spiro atoms. The van der Waals surface area contributed by atoms with Crippen molar-refractivity contribution in [3.8, 4) is 0 Å². The van der Waals surface area contributed by atoms with E-state index in [1.807, 2.05) is 24.3 Å². The number of anilines is 2. The molecule has 0 bridgehead atoms.